The molecular formula is C20H19BrFN3O3. The Hall–Kier alpha value is -2.74. The fourth-order valence-electron chi connectivity index (χ4n) is 3.15. The van der Waals surface area contributed by atoms with Crippen molar-refractivity contribution in [1.82, 2.24) is 15.5 Å². The molecule has 1 fully saturated rings. The lowest BCUT2D eigenvalue weighted by molar-refractivity contribution is -0.135. The van der Waals surface area contributed by atoms with Crippen LogP contribution in [-0.4, -0.2) is 29.3 Å². The summed E-state index contributed by atoms with van der Waals surface area (Å²) in [5.74, 6) is -1.47. The molecule has 1 heterocycles. The molecule has 2 aromatic rings. The Balaban J connectivity index is 1.71. The summed E-state index contributed by atoms with van der Waals surface area (Å²) in [6.45, 7) is 2.94. The molecule has 0 aliphatic carbocycles. The van der Waals surface area contributed by atoms with Gasteiger partial charge in [-0.2, -0.15) is 0 Å². The van der Waals surface area contributed by atoms with E-state index in [-0.39, 0.29) is 6.04 Å². The van der Waals surface area contributed by atoms with Gasteiger partial charge in [0, 0.05) is 4.47 Å². The first-order valence-electron chi connectivity index (χ1n) is 8.66. The van der Waals surface area contributed by atoms with Gasteiger partial charge >= 0.3 is 6.03 Å². The molecule has 0 saturated carbocycles. The second-order valence-corrected chi connectivity index (χ2v) is 7.62. The van der Waals surface area contributed by atoms with E-state index in [1.807, 2.05) is 31.2 Å². The third kappa shape index (κ3) is 3.77. The van der Waals surface area contributed by atoms with Crippen molar-refractivity contribution in [2.75, 3.05) is 6.54 Å². The predicted molar refractivity (Wildman–Crippen MR) is 105 cm³/mol. The van der Waals surface area contributed by atoms with Crippen molar-refractivity contribution in [3.8, 4) is 0 Å². The van der Waals surface area contributed by atoms with Crippen molar-refractivity contribution < 1.29 is 18.8 Å². The summed E-state index contributed by atoms with van der Waals surface area (Å²) >= 11 is 3.43. The Morgan fingerprint density at radius 1 is 1.21 bits per heavy atom. The van der Waals surface area contributed by atoms with Crippen LogP contribution in [0.15, 0.2) is 53.0 Å². The number of rotatable bonds is 5. The fourth-order valence-corrected chi connectivity index (χ4v) is 3.78. The largest absolute Gasteiger partial charge is 0.348 e. The van der Waals surface area contributed by atoms with E-state index in [2.05, 4.69) is 26.6 Å². The van der Waals surface area contributed by atoms with Crippen LogP contribution in [-0.2, 0) is 15.1 Å². The molecule has 28 heavy (non-hydrogen) atoms. The van der Waals surface area contributed by atoms with Gasteiger partial charge in [0.25, 0.3) is 5.91 Å². The average molecular weight is 448 g/mol. The summed E-state index contributed by atoms with van der Waals surface area (Å²) in [6.07, 6.45) is 0. The molecule has 1 aliphatic heterocycles. The number of benzene rings is 2. The van der Waals surface area contributed by atoms with Gasteiger partial charge in [0.2, 0.25) is 5.91 Å². The molecule has 3 rings (SSSR count). The van der Waals surface area contributed by atoms with E-state index < -0.39 is 35.7 Å². The van der Waals surface area contributed by atoms with E-state index in [0.717, 1.165) is 14.9 Å². The number of halogens is 2. The van der Waals surface area contributed by atoms with Crippen LogP contribution in [0.25, 0.3) is 0 Å². The Morgan fingerprint density at radius 3 is 2.50 bits per heavy atom. The van der Waals surface area contributed by atoms with Gasteiger partial charge in [-0.3, -0.25) is 14.5 Å². The molecule has 2 N–H and O–H groups in total. The normalized spacial score (nSPS) is 20.1. The van der Waals surface area contributed by atoms with E-state index in [4.69, 9.17) is 0 Å². The number of nitrogens with one attached hydrogen (secondary N) is 2. The van der Waals surface area contributed by atoms with Crippen molar-refractivity contribution >= 4 is 33.8 Å². The van der Waals surface area contributed by atoms with Gasteiger partial charge in [0.1, 0.15) is 17.9 Å². The highest BCUT2D eigenvalue weighted by molar-refractivity contribution is 9.10. The van der Waals surface area contributed by atoms with E-state index in [0.29, 0.717) is 5.56 Å². The minimum Gasteiger partial charge on any atom is -0.348 e. The van der Waals surface area contributed by atoms with E-state index in [1.54, 1.807) is 0 Å². The lowest BCUT2D eigenvalue weighted by Gasteiger charge is -2.22. The van der Waals surface area contributed by atoms with Gasteiger partial charge in [-0.15, -0.1) is 0 Å². The highest BCUT2D eigenvalue weighted by atomic mass is 79.9. The quantitative estimate of drug-likeness (QED) is 0.690. The number of imide groups is 1. The van der Waals surface area contributed by atoms with E-state index in [9.17, 15) is 18.8 Å². The maximum absolute atomic E-state index is 13.2. The summed E-state index contributed by atoms with van der Waals surface area (Å²) in [5, 5.41) is 5.38. The first-order chi connectivity index (χ1) is 13.2. The molecule has 0 radical (unpaired) electrons. The molecule has 8 heteroatoms. The molecule has 0 bridgehead atoms. The third-order valence-electron chi connectivity index (χ3n) is 4.75. The van der Waals surface area contributed by atoms with Crippen molar-refractivity contribution in [1.29, 1.82) is 0 Å². The Labute approximate surface area is 170 Å². The Bertz CT molecular complexity index is 935. The van der Waals surface area contributed by atoms with Crippen LogP contribution in [0.4, 0.5) is 9.18 Å². The number of hydrogen-bond acceptors (Lipinski definition) is 3. The molecule has 2 unspecified atom stereocenters. The number of hydrogen-bond donors (Lipinski definition) is 2. The molecule has 1 saturated heterocycles. The van der Waals surface area contributed by atoms with Gasteiger partial charge in [-0.1, -0.05) is 46.3 Å². The van der Waals surface area contributed by atoms with Crippen LogP contribution in [0, 0.1) is 5.82 Å². The summed E-state index contributed by atoms with van der Waals surface area (Å²) < 4.78 is 14.0. The highest BCUT2D eigenvalue weighted by Crippen LogP contribution is 2.29. The van der Waals surface area contributed by atoms with Crippen LogP contribution in [0.1, 0.15) is 31.0 Å². The lowest BCUT2D eigenvalue weighted by Crippen LogP contribution is -2.43. The topological polar surface area (TPSA) is 78.5 Å². The summed E-state index contributed by atoms with van der Waals surface area (Å²) in [5.41, 5.74) is -0.0278. The molecule has 2 atom stereocenters. The maximum Gasteiger partial charge on any atom is 0.325 e. The highest BCUT2D eigenvalue weighted by Gasteiger charge is 2.49. The van der Waals surface area contributed by atoms with Crippen molar-refractivity contribution in [3.63, 3.8) is 0 Å². The molecule has 0 spiro atoms. The van der Waals surface area contributed by atoms with Gasteiger partial charge in [0.15, 0.2) is 0 Å². The molecule has 146 valence electrons. The minimum atomic E-state index is -1.35. The van der Waals surface area contributed by atoms with Gasteiger partial charge < -0.3 is 10.6 Å². The number of urea groups is 1. The van der Waals surface area contributed by atoms with Crippen molar-refractivity contribution in [2.45, 2.75) is 25.4 Å². The first-order valence-corrected chi connectivity index (χ1v) is 9.45. The van der Waals surface area contributed by atoms with E-state index >= 15 is 0 Å². The van der Waals surface area contributed by atoms with Crippen LogP contribution in [0.5, 0.6) is 0 Å². The molecule has 1 aliphatic rings. The first kappa shape index (κ1) is 20.0. The fraction of sp³-hybridized carbons (Fsp3) is 0.250. The van der Waals surface area contributed by atoms with Crippen molar-refractivity contribution in [2.24, 2.45) is 0 Å². The zero-order valence-corrected chi connectivity index (χ0v) is 16.9. The second-order valence-electron chi connectivity index (χ2n) is 6.76. The molecular weight excluding hydrogens is 429 g/mol. The lowest BCUT2D eigenvalue weighted by atomic mass is 9.92. The summed E-state index contributed by atoms with van der Waals surface area (Å²) in [6, 6.07) is 11.8. The molecule has 2 aromatic carbocycles. The minimum absolute atomic E-state index is 0.313. The van der Waals surface area contributed by atoms with Gasteiger partial charge in [-0.25, -0.2) is 9.18 Å². The number of nitrogens with zero attached hydrogens (tertiary/aromatic N) is 1. The van der Waals surface area contributed by atoms with Crippen molar-refractivity contribution in [3.05, 3.63) is 69.9 Å². The standard InChI is InChI=1S/C20H19BrFN3O3/c1-12(15-5-3-4-6-16(15)21)23-17(26)11-25-18(27)20(2,24-19(25)28)13-7-9-14(22)10-8-13/h3-10,12H,11H2,1-2H3,(H,23,26)(H,24,28). The molecule has 6 nitrogen and oxygen atoms in total. The second kappa shape index (κ2) is 7.71. The Morgan fingerprint density at radius 2 is 1.86 bits per heavy atom. The van der Waals surface area contributed by atoms with Gasteiger partial charge in [0.05, 0.1) is 6.04 Å². The zero-order valence-electron chi connectivity index (χ0n) is 15.3. The molecule has 0 aromatic heterocycles. The van der Waals surface area contributed by atoms with Crippen LogP contribution in [0.3, 0.4) is 0 Å². The van der Waals surface area contributed by atoms with Crippen LogP contribution < -0.4 is 10.6 Å². The zero-order chi connectivity index (χ0) is 20.5. The number of amides is 4. The monoisotopic (exact) mass is 447 g/mol. The van der Waals surface area contributed by atoms with Gasteiger partial charge in [-0.05, 0) is 43.2 Å². The molecule has 4 amide bonds. The average Bonchev–Trinajstić information content (AvgIpc) is 2.86. The summed E-state index contributed by atoms with van der Waals surface area (Å²) in [7, 11) is 0. The third-order valence-corrected chi connectivity index (χ3v) is 5.47. The summed E-state index contributed by atoms with van der Waals surface area (Å²) in [4.78, 5) is 38.4. The predicted octanol–water partition coefficient (Wildman–Crippen LogP) is 3.23. The number of carbonyl (C=O) groups is 3. The smallest absolute Gasteiger partial charge is 0.325 e. The number of carbonyl (C=O) groups excluding carboxylic acids is 3. The van der Waals surface area contributed by atoms with Crippen LogP contribution >= 0.6 is 15.9 Å². The van der Waals surface area contributed by atoms with Crippen LogP contribution in [0.2, 0.25) is 0 Å². The SMILES string of the molecule is CC(NC(=O)CN1C(=O)NC(C)(c2ccc(F)cc2)C1=O)c1ccccc1Br. The maximum atomic E-state index is 13.2. The van der Waals surface area contributed by atoms with E-state index in [1.165, 1.54) is 31.2 Å². The Kier molecular flexibility index (Phi) is 5.51.